The molecule has 0 saturated heterocycles. The lowest BCUT2D eigenvalue weighted by molar-refractivity contribution is -0.145. The van der Waals surface area contributed by atoms with Crippen LogP contribution < -0.4 is 5.32 Å². The van der Waals surface area contributed by atoms with Crippen LogP contribution in [0.15, 0.2) is 48.5 Å². The Hall–Kier alpha value is -3.35. The molecule has 1 atom stereocenters. The molecule has 2 aromatic carbocycles. The van der Waals surface area contributed by atoms with Gasteiger partial charge >= 0.3 is 18.0 Å². The van der Waals surface area contributed by atoms with Crippen molar-refractivity contribution in [3.63, 3.8) is 0 Å². The van der Waals surface area contributed by atoms with Crippen LogP contribution >= 0.6 is 0 Å². The molecule has 0 radical (unpaired) electrons. The Morgan fingerprint density at radius 2 is 1.50 bits per heavy atom. The fourth-order valence-electron chi connectivity index (χ4n) is 3.16. The van der Waals surface area contributed by atoms with Crippen LogP contribution in [-0.4, -0.2) is 40.9 Å². The van der Waals surface area contributed by atoms with Crippen LogP contribution in [0, 0.1) is 0 Å². The number of fused-ring (bicyclic) bond motifs is 3. The normalized spacial score (nSPS) is 13.4. The third-order valence-electron chi connectivity index (χ3n) is 4.31. The standard InChI is InChI=1S/C19H17NO6/c21-17(22)9-16(18(23)24)20-19(25)26-10-15-13-7-3-1-5-11(13)12-6-2-4-8-14(12)15/h1-8,15-16H,9-10H2,(H,20,25)(H,21,22)(H,23,24)/t16-/m0/s1/i20+1. The molecule has 3 N–H and O–H groups in total. The number of rotatable bonds is 6. The van der Waals surface area contributed by atoms with Crippen LogP contribution in [0.25, 0.3) is 11.1 Å². The number of carbonyl (C=O) groups excluding carboxylic acids is 1. The summed E-state index contributed by atoms with van der Waals surface area (Å²) in [4.78, 5) is 33.6. The molecule has 26 heavy (non-hydrogen) atoms. The van der Waals surface area contributed by atoms with E-state index in [1.165, 1.54) is 0 Å². The Kier molecular flexibility index (Phi) is 4.88. The van der Waals surface area contributed by atoms with Gasteiger partial charge in [0.15, 0.2) is 0 Å². The second-order valence-electron chi connectivity index (χ2n) is 5.96. The van der Waals surface area contributed by atoms with Crippen molar-refractivity contribution in [2.75, 3.05) is 6.61 Å². The molecule has 2 aromatic rings. The van der Waals surface area contributed by atoms with Crippen LogP contribution in [0.2, 0.25) is 0 Å². The quantitative estimate of drug-likeness (QED) is 0.685. The van der Waals surface area contributed by atoms with Gasteiger partial charge in [-0.1, -0.05) is 48.5 Å². The van der Waals surface area contributed by atoms with Gasteiger partial charge in [0.25, 0.3) is 0 Å². The molecule has 0 bridgehead atoms. The summed E-state index contributed by atoms with van der Waals surface area (Å²) in [5.41, 5.74) is 4.21. The van der Waals surface area contributed by atoms with Gasteiger partial charge in [0.2, 0.25) is 0 Å². The number of benzene rings is 2. The minimum absolute atomic E-state index is 0.0271. The molecule has 1 amide bonds. The minimum atomic E-state index is -1.54. The predicted octanol–water partition coefficient (Wildman–Crippen LogP) is 2.45. The average Bonchev–Trinajstić information content (AvgIpc) is 2.93. The number of carboxylic acid groups (broad SMARTS) is 2. The Balaban J connectivity index is 1.71. The van der Waals surface area contributed by atoms with Crippen molar-refractivity contribution in [3.8, 4) is 11.1 Å². The molecule has 134 valence electrons. The molecule has 7 nitrogen and oxygen atoms in total. The molecule has 1 aliphatic rings. The summed E-state index contributed by atoms with van der Waals surface area (Å²) in [7, 11) is 0. The van der Waals surface area contributed by atoms with Crippen LogP contribution in [0.3, 0.4) is 0 Å². The van der Waals surface area contributed by atoms with Crippen molar-refractivity contribution in [2.24, 2.45) is 0 Å². The zero-order valence-corrected chi connectivity index (χ0v) is 13.7. The number of ether oxygens (including phenoxy) is 1. The van der Waals surface area contributed by atoms with Gasteiger partial charge < -0.3 is 20.3 Å². The first-order chi connectivity index (χ1) is 12.5. The molecule has 0 unspecified atom stereocenters. The zero-order valence-electron chi connectivity index (χ0n) is 13.7. The van der Waals surface area contributed by atoms with E-state index >= 15 is 0 Å². The summed E-state index contributed by atoms with van der Waals surface area (Å²) in [6, 6.07) is 14.1. The lowest BCUT2D eigenvalue weighted by atomic mass is 9.98. The van der Waals surface area contributed by atoms with Crippen molar-refractivity contribution >= 4 is 18.0 Å². The van der Waals surface area contributed by atoms with E-state index in [0.717, 1.165) is 22.3 Å². The van der Waals surface area contributed by atoms with Crippen molar-refractivity contribution in [3.05, 3.63) is 59.7 Å². The van der Waals surface area contributed by atoms with Crippen molar-refractivity contribution in [2.45, 2.75) is 18.4 Å². The molecule has 0 aliphatic heterocycles. The molecule has 0 heterocycles. The van der Waals surface area contributed by atoms with E-state index in [2.05, 4.69) is 5.32 Å². The summed E-state index contributed by atoms with van der Waals surface area (Å²) in [5, 5.41) is 19.8. The number of aliphatic carboxylic acids is 2. The molecular weight excluding hydrogens is 339 g/mol. The van der Waals surface area contributed by atoms with E-state index in [-0.39, 0.29) is 12.5 Å². The summed E-state index contributed by atoms with van der Waals surface area (Å²) < 4.78 is 5.20. The highest BCUT2D eigenvalue weighted by Gasteiger charge is 2.30. The van der Waals surface area contributed by atoms with Crippen molar-refractivity contribution < 1.29 is 29.3 Å². The van der Waals surface area contributed by atoms with Gasteiger partial charge in [-0.3, -0.25) is 4.79 Å². The summed E-state index contributed by atoms with van der Waals surface area (Å²) in [6.07, 6.45) is -1.68. The highest BCUT2D eigenvalue weighted by molar-refractivity contribution is 5.84. The van der Waals surface area contributed by atoms with E-state index < -0.39 is 30.5 Å². The first-order valence-electron chi connectivity index (χ1n) is 8.03. The fraction of sp³-hybridized carbons (Fsp3) is 0.211. The van der Waals surface area contributed by atoms with Gasteiger partial charge in [0.1, 0.15) is 12.6 Å². The molecule has 7 heteroatoms. The number of hydrogen-bond acceptors (Lipinski definition) is 4. The molecular formula is C19H17NO6. The zero-order chi connectivity index (χ0) is 18.7. The van der Waals surface area contributed by atoms with E-state index in [9.17, 15) is 14.4 Å². The lowest BCUT2D eigenvalue weighted by Crippen LogP contribution is -2.42. The Bertz CT molecular complexity index is 817. The van der Waals surface area contributed by atoms with Gasteiger partial charge in [-0.2, -0.15) is 0 Å². The van der Waals surface area contributed by atoms with Crippen LogP contribution in [0.4, 0.5) is 4.79 Å². The third kappa shape index (κ3) is 3.51. The minimum Gasteiger partial charge on any atom is -0.481 e. The highest BCUT2D eigenvalue weighted by atomic mass is 16.6. The Labute approximate surface area is 149 Å². The smallest absolute Gasteiger partial charge is 0.407 e. The number of alkyl carbamates (subject to hydrolysis) is 1. The van der Waals surface area contributed by atoms with E-state index in [4.69, 9.17) is 14.9 Å². The van der Waals surface area contributed by atoms with Crippen molar-refractivity contribution in [1.29, 1.82) is 0 Å². The molecule has 1 aliphatic carbocycles. The van der Waals surface area contributed by atoms with Crippen molar-refractivity contribution in [1.82, 2.24) is 5.32 Å². The monoisotopic (exact) mass is 356 g/mol. The fourth-order valence-corrected chi connectivity index (χ4v) is 3.16. The Morgan fingerprint density at radius 1 is 0.962 bits per heavy atom. The lowest BCUT2D eigenvalue weighted by Gasteiger charge is -2.16. The van der Waals surface area contributed by atoms with Crippen LogP contribution in [-0.2, 0) is 14.3 Å². The SMILES string of the molecule is O=C(O)C[C@H]([15NH]C(=O)OCC1c2ccccc2-c2ccccc21)C(=O)O. The molecule has 3 rings (SSSR count). The third-order valence-corrected chi connectivity index (χ3v) is 4.31. The topological polar surface area (TPSA) is 113 Å². The highest BCUT2D eigenvalue weighted by Crippen LogP contribution is 2.44. The van der Waals surface area contributed by atoms with E-state index in [1.54, 1.807) is 0 Å². The van der Waals surface area contributed by atoms with Crippen LogP contribution in [0.5, 0.6) is 0 Å². The maximum atomic E-state index is 11.9. The number of carbonyl (C=O) groups is 3. The van der Waals surface area contributed by atoms with Crippen LogP contribution in [0.1, 0.15) is 23.5 Å². The molecule has 0 fully saturated rings. The maximum Gasteiger partial charge on any atom is 0.407 e. The second kappa shape index (κ2) is 7.26. The number of hydrogen-bond donors (Lipinski definition) is 3. The molecule has 0 aromatic heterocycles. The average molecular weight is 356 g/mol. The molecule has 0 saturated carbocycles. The summed E-state index contributed by atoms with van der Waals surface area (Å²) >= 11 is 0. The summed E-state index contributed by atoms with van der Waals surface area (Å²) in [5.74, 6) is -2.91. The number of carboxylic acids is 2. The van der Waals surface area contributed by atoms with E-state index in [0.29, 0.717) is 0 Å². The number of nitrogens with one attached hydrogen (secondary N) is 1. The van der Waals surface area contributed by atoms with Gasteiger partial charge in [0.05, 0.1) is 6.42 Å². The predicted molar refractivity (Wildman–Crippen MR) is 91.9 cm³/mol. The second-order valence-corrected chi connectivity index (χ2v) is 5.96. The number of amides is 1. The molecule has 0 spiro atoms. The largest absolute Gasteiger partial charge is 0.481 e. The van der Waals surface area contributed by atoms with E-state index in [1.807, 2.05) is 48.5 Å². The van der Waals surface area contributed by atoms with Gasteiger partial charge in [-0.15, -0.1) is 0 Å². The first kappa shape index (κ1) is 17.5. The van der Waals surface area contributed by atoms with Gasteiger partial charge in [0, 0.05) is 5.92 Å². The van der Waals surface area contributed by atoms with Gasteiger partial charge in [-0.25, -0.2) is 9.59 Å². The maximum absolute atomic E-state index is 11.9. The Morgan fingerprint density at radius 3 is 2.00 bits per heavy atom. The van der Waals surface area contributed by atoms with Gasteiger partial charge in [-0.05, 0) is 22.3 Å². The first-order valence-corrected chi connectivity index (χ1v) is 8.03. The summed E-state index contributed by atoms with van der Waals surface area (Å²) in [6.45, 7) is 0.0271.